The number of aromatic nitrogens is 2. The number of hydrogen-bond acceptors (Lipinski definition) is 1. The number of fused-ring (bicyclic) bond motifs is 1. The Morgan fingerprint density at radius 2 is 1.75 bits per heavy atom. The molecular formula is C14H8Br3ClN2. The molecule has 0 atom stereocenters. The van der Waals surface area contributed by atoms with Gasteiger partial charge in [0.15, 0.2) is 0 Å². The lowest BCUT2D eigenvalue weighted by atomic mass is 10.3. The molecule has 0 unspecified atom stereocenters. The molecule has 0 N–H and O–H groups in total. The number of rotatable bonds is 2. The molecule has 0 saturated heterocycles. The molecule has 1 aromatic heterocycles. The molecule has 102 valence electrons. The SMILES string of the molecule is ClCc1nc2cc(Br)ccc2n1-c1c(Br)cccc1Br. The van der Waals surface area contributed by atoms with Crippen LogP contribution in [-0.4, -0.2) is 9.55 Å². The molecule has 2 aromatic carbocycles. The van der Waals surface area contributed by atoms with Gasteiger partial charge in [-0.05, 0) is 62.2 Å². The third-order valence-corrected chi connectivity index (χ3v) is 4.98. The Morgan fingerprint density at radius 1 is 1.05 bits per heavy atom. The first-order valence-corrected chi connectivity index (χ1v) is 8.70. The maximum atomic E-state index is 6.07. The van der Waals surface area contributed by atoms with E-state index in [4.69, 9.17) is 11.6 Å². The van der Waals surface area contributed by atoms with Crippen LogP contribution < -0.4 is 0 Å². The van der Waals surface area contributed by atoms with Crippen molar-refractivity contribution in [3.05, 3.63) is 55.6 Å². The van der Waals surface area contributed by atoms with Crippen LogP contribution in [0.5, 0.6) is 0 Å². The molecule has 0 aliphatic rings. The van der Waals surface area contributed by atoms with Crippen molar-refractivity contribution in [1.82, 2.24) is 9.55 Å². The number of alkyl halides is 1. The summed E-state index contributed by atoms with van der Waals surface area (Å²) in [6.07, 6.45) is 0. The van der Waals surface area contributed by atoms with Gasteiger partial charge in [0.1, 0.15) is 5.82 Å². The highest BCUT2D eigenvalue weighted by atomic mass is 79.9. The van der Waals surface area contributed by atoms with Crippen molar-refractivity contribution in [2.45, 2.75) is 5.88 Å². The molecule has 0 bridgehead atoms. The highest BCUT2D eigenvalue weighted by Gasteiger charge is 2.16. The average Bonchev–Trinajstić information content (AvgIpc) is 2.76. The Bertz CT molecular complexity index is 778. The lowest BCUT2D eigenvalue weighted by molar-refractivity contribution is 0.972. The van der Waals surface area contributed by atoms with Gasteiger partial charge < -0.3 is 0 Å². The van der Waals surface area contributed by atoms with Gasteiger partial charge in [0, 0.05) is 13.4 Å². The fraction of sp³-hybridized carbons (Fsp3) is 0.0714. The Kier molecular flexibility index (Phi) is 4.22. The molecule has 0 saturated carbocycles. The third kappa shape index (κ3) is 2.45. The second-order valence-electron chi connectivity index (χ2n) is 4.20. The van der Waals surface area contributed by atoms with Gasteiger partial charge in [-0.15, -0.1) is 11.6 Å². The minimum absolute atomic E-state index is 0.347. The second kappa shape index (κ2) is 5.79. The minimum Gasteiger partial charge on any atom is -0.293 e. The standard InChI is InChI=1S/C14H8Br3ClN2/c15-8-4-5-12-11(6-8)19-13(7-18)20(12)14-9(16)2-1-3-10(14)17/h1-6H,7H2. The van der Waals surface area contributed by atoms with Crippen molar-refractivity contribution < 1.29 is 0 Å². The highest BCUT2D eigenvalue weighted by molar-refractivity contribution is 9.11. The van der Waals surface area contributed by atoms with Crippen LogP contribution in [0.4, 0.5) is 0 Å². The molecule has 1 heterocycles. The first kappa shape index (κ1) is 14.6. The maximum absolute atomic E-state index is 6.07. The number of halogens is 4. The molecule has 2 nitrogen and oxygen atoms in total. The molecule has 6 heteroatoms. The zero-order chi connectivity index (χ0) is 14.3. The van der Waals surface area contributed by atoms with E-state index >= 15 is 0 Å². The summed E-state index contributed by atoms with van der Waals surface area (Å²) < 4.78 is 5.05. The number of imidazole rings is 1. The summed E-state index contributed by atoms with van der Waals surface area (Å²) >= 11 is 16.7. The first-order chi connectivity index (χ1) is 9.61. The molecule has 0 fully saturated rings. The van der Waals surface area contributed by atoms with E-state index < -0.39 is 0 Å². The Labute approximate surface area is 146 Å². The van der Waals surface area contributed by atoms with E-state index in [-0.39, 0.29) is 0 Å². The van der Waals surface area contributed by atoms with Gasteiger partial charge in [-0.2, -0.15) is 0 Å². The normalized spacial score (nSPS) is 11.2. The fourth-order valence-electron chi connectivity index (χ4n) is 2.15. The van der Waals surface area contributed by atoms with Gasteiger partial charge in [-0.1, -0.05) is 22.0 Å². The van der Waals surface area contributed by atoms with Crippen LogP contribution in [0.25, 0.3) is 16.7 Å². The topological polar surface area (TPSA) is 17.8 Å². The molecular weight excluding hydrogens is 471 g/mol. The zero-order valence-electron chi connectivity index (χ0n) is 10.1. The lowest BCUT2D eigenvalue weighted by Crippen LogP contribution is -2.01. The summed E-state index contributed by atoms with van der Waals surface area (Å²) in [5.41, 5.74) is 2.95. The van der Waals surface area contributed by atoms with Crippen molar-refractivity contribution in [2.24, 2.45) is 0 Å². The van der Waals surface area contributed by atoms with E-state index in [1.807, 2.05) is 36.4 Å². The molecule has 20 heavy (non-hydrogen) atoms. The predicted molar refractivity (Wildman–Crippen MR) is 93.7 cm³/mol. The summed E-state index contributed by atoms with van der Waals surface area (Å²) in [7, 11) is 0. The summed E-state index contributed by atoms with van der Waals surface area (Å²) in [4.78, 5) is 4.61. The van der Waals surface area contributed by atoms with E-state index in [9.17, 15) is 0 Å². The molecule has 0 aliphatic heterocycles. The fourth-order valence-corrected chi connectivity index (χ4v) is 4.03. The van der Waals surface area contributed by atoms with Gasteiger partial charge in [0.2, 0.25) is 0 Å². The van der Waals surface area contributed by atoms with Crippen LogP contribution in [0.1, 0.15) is 5.82 Å². The third-order valence-electron chi connectivity index (χ3n) is 2.97. The van der Waals surface area contributed by atoms with Crippen molar-refractivity contribution in [1.29, 1.82) is 0 Å². The van der Waals surface area contributed by atoms with Crippen LogP contribution in [0.2, 0.25) is 0 Å². The summed E-state index contributed by atoms with van der Waals surface area (Å²) in [5.74, 6) is 1.16. The van der Waals surface area contributed by atoms with Crippen molar-refractivity contribution in [3.8, 4) is 5.69 Å². The summed E-state index contributed by atoms with van der Waals surface area (Å²) in [6.45, 7) is 0. The molecule has 3 rings (SSSR count). The van der Waals surface area contributed by atoms with E-state index in [0.717, 1.165) is 36.0 Å². The van der Waals surface area contributed by atoms with E-state index in [0.29, 0.717) is 5.88 Å². The molecule has 0 spiro atoms. The molecule has 0 radical (unpaired) electrons. The monoisotopic (exact) mass is 476 g/mol. The summed E-state index contributed by atoms with van der Waals surface area (Å²) in [5, 5.41) is 0. The Morgan fingerprint density at radius 3 is 2.40 bits per heavy atom. The maximum Gasteiger partial charge on any atom is 0.129 e. The van der Waals surface area contributed by atoms with Crippen molar-refractivity contribution in [3.63, 3.8) is 0 Å². The predicted octanol–water partition coefficient (Wildman–Crippen LogP) is 6.05. The van der Waals surface area contributed by atoms with Crippen LogP contribution in [0.3, 0.4) is 0 Å². The van der Waals surface area contributed by atoms with Gasteiger partial charge in [-0.25, -0.2) is 4.98 Å². The largest absolute Gasteiger partial charge is 0.293 e. The van der Waals surface area contributed by atoms with E-state index in [1.165, 1.54) is 0 Å². The zero-order valence-corrected chi connectivity index (χ0v) is 15.6. The number of benzene rings is 2. The van der Waals surface area contributed by atoms with Crippen LogP contribution >= 0.6 is 59.4 Å². The van der Waals surface area contributed by atoms with Gasteiger partial charge in [-0.3, -0.25) is 4.57 Å². The minimum atomic E-state index is 0.347. The highest BCUT2D eigenvalue weighted by Crippen LogP contribution is 2.34. The van der Waals surface area contributed by atoms with Gasteiger partial charge >= 0.3 is 0 Å². The number of para-hydroxylation sites is 1. The Hall–Kier alpha value is -0.360. The Balaban J connectivity index is 2.40. The van der Waals surface area contributed by atoms with Gasteiger partial charge in [0.05, 0.1) is 22.6 Å². The van der Waals surface area contributed by atoms with Crippen molar-refractivity contribution in [2.75, 3.05) is 0 Å². The molecule has 3 aromatic rings. The summed E-state index contributed by atoms with van der Waals surface area (Å²) in [6, 6.07) is 12.0. The van der Waals surface area contributed by atoms with Crippen LogP contribution in [-0.2, 0) is 5.88 Å². The number of nitrogens with zero attached hydrogens (tertiary/aromatic N) is 2. The number of hydrogen-bond donors (Lipinski definition) is 0. The lowest BCUT2D eigenvalue weighted by Gasteiger charge is -2.12. The smallest absolute Gasteiger partial charge is 0.129 e. The molecule has 0 amide bonds. The average molecular weight is 479 g/mol. The van der Waals surface area contributed by atoms with Crippen LogP contribution in [0, 0.1) is 0 Å². The first-order valence-electron chi connectivity index (χ1n) is 5.79. The van der Waals surface area contributed by atoms with E-state index in [2.05, 4.69) is 57.3 Å². The molecule has 0 aliphatic carbocycles. The quantitative estimate of drug-likeness (QED) is 0.409. The van der Waals surface area contributed by atoms with Gasteiger partial charge in [0.25, 0.3) is 0 Å². The van der Waals surface area contributed by atoms with E-state index in [1.54, 1.807) is 0 Å². The second-order valence-corrected chi connectivity index (χ2v) is 7.09. The van der Waals surface area contributed by atoms with Crippen molar-refractivity contribution >= 4 is 70.4 Å². The van der Waals surface area contributed by atoms with Crippen LogP contribution in [0.15, 0.2) is 49.8 Å².